The van der Waals surface area contributed by atoms with E-state index < -0.39 is 35.1 Å². The first kappa shape index (κ1) is 16.9. The number of hydrogen-bond donors (Lipinski definition) is 2. The maximum atomic E-state index is 14.1. The Morgan fingerprint density at radius 2 is 2.00 bits per heavy atom. The maximum Gasteiger partial charge on any atom is 0.226 e. The minimum Gasteiger partial charge on any atom is -0.392 e. The molecule has 0 aromatic heterocycles. The van der Waals surface area contributed by atoms with Crippen LogP contribution < -0.4 is 5.32 Å². The second-order valence-electron chi connectivity index (χ2n) is 7.08. The summed E-state index contributed by atoms with van der Waals surface area (Å²) in [6.07, 6.45) is 1.42. The van der Waals surface area contributed by atoms with Crippen molar-refractivity contribution < 1.29 is 18.7 Å². The van der Waals surface area contributed by atoms with Crippen molar-refractivity contribution in [3.8, 4) is 0 Å². The monoisotopic (exact) mass is 311 g/mol. The van der Waals surface area contributed by atoms with E-state index in [9.17, 15) is 18.7 Å². The van der Waals surface area contributed by atoms with Crippen molar-refractivity contribution in [1.82, 2.24) is 5.32 Å². The molecule has 0 aliphatic heterocycles. The summed E-state index contributed by atoms with van der Waals surface area (Å²) >= 11 is 0. The molecule has 22 heavy (non-hydrogen) atoms. The summed E-state index contributed by atoms with van der Waals surface area (Å²) in [5, 5.41) is 12.7. The predicted molar refractivity (Wildman–Crippen MR) is 80.0 cm³/mol. The summed E-state index contributed by atoms with van der Waals surface area (Å²) < 4.78 is 27.2. The second kappa shape index (κ2) is 6.32. The van der Waals surface area contributed by atoms with Gasteiger partial charge in [-0.25, -0.2) is 8.78 Å². The Morgan fingerprint density at radius 1 is 1.32 bits per heavy atom. The predicted octanol–water partition coefficient (Wildman–Crippen LogP) is 3.33. The maximum absolute atomic E-state index is 14.1. The molecule has 3 nitrogen and oxygen atoms in total. The standard InChI is InChI=1S/C17H23F2NO2/c1-17(2,3)15(11-8-7-10(18)9-13(11)19)20-16(22)12-5-4-6-14(12)21/h7-9,12,14-15,21H,4-6H2,1-3H3,(H,20,22). The molecule has 1 aromatic rings. The number of nitrogens with one attached hydrogen (secondary N) is 1. The molecule has 5 heteroatoms. The van der Waals surface area contributed by atoms with Crippen LogP contribution in [0.3, 0.4) is 0 Å². The number of aliphatic hydroxyl groups excluding tert-OH is 1. The number of halogens is 2. The van der Waals surface area contributed by atoms with Crippen LogP contribution in [0.15, 0.2) is 18.2 Å². The Balaban J connectivity index is 2.25. The van der Waals surface area contributed by atoms with Crippen molar-refractivity contribution in [2.75, 3.05) is 0 Å². The quantitative estimate of drug-likeness (QED) is 0.899. The van der Waals surface area contributed by atoms with E-state index in [-0.39, 0.29) is 11.5 Å². The van der Waals surface area contributed by atoms with Crippen LogP contribution in [0.25, 0.3) is 0 Å². The number of carbonyl (C=O) groups excluding carboxylic acids is 1. The van der Waals surface area contributed by atoms with Gasteiger partial charge in [-0.3, -0.25) is 4.79 Å². The number of benzene rings is 1. The lowest BCUT2D eigenvalue weighted by atomic mass is 9.81. The van der Waals surface area contributed by atoms with Crippen LogP contribution in [0.4, 0.5) is 8.78 Å². The highest BCUT2D eigenvalue weighted by Gasteiger charge is 2.36. The molecule has 1 amide bonds. The zero-order valence-corrected chi connectivity index (χ0v) is 13.2. The molecule has 2 N–H and O–H groups in total. The lowest BCUT2D eigenvalue weighted by Crippen LogP contribution is -2.42. The molecule has 0 heterocycles. The van der Waals surface area contributed by atoms with Gasteiger partial charge in [-0.1, -0.05) is 26.8 Å². The van der Waals surface area contributed by atoms with E-state index >= 15 is 0 Å². The summed E-state index contributed by atoms with van der Waals surface area (Å²) in [4.78, 5) is 12.4. The van der Waals surface area contributed by atoms with Gasteiger partial charge in [0.2, 0.25) is 5.91 Å². The summed E-state index contributed by atoms with van der Waals surface area (Å²) in [6, 6.07) is 2.79. The number of rotatable bonds is 3. The molecule has 3 unspecified atom stereocenters. The van der Waals surface area contributed by atoms with Gasteiger partial charge in [0.05, 0.1) is 18.1 Å². The molecule has 1 saturated carbocycles. The van der Waals surface area contributed by atoms with Crippen LogP contribution in [0.1, 0.15) is 51.6 Å². The van der Waals surface area contributed by atoms with Crippen LogP contribution >= 0.6 is 0 Å². The van der Waals surface area contributed by atoms with E-state index in [2.05, 4.69) is 5.32 Å². The topological polar surface area (TPSA) is 49.3 Å². The minimum atomic E-state index is -0.674. The van der Waals surface area contributed by atoms with Gasteiger partial charge in [-0.2, -0.15) is 0 Å². The van der Waals surface area contributed by atoms with E-state index in [1.165, 1.54) is 12.1 Å². The molecule has 0 saturated heterocycles. The number of amides is 1. The lowest BCUT2D eigenvalue weighted by molar-refractivity contribution is -0.129. The Morgan fingerprint density at radius 3 is 2.50 bits per heavy atom. The average molecular weight is 311 g/mol. The Kier molecular flexibility index (Phi) is 4.85. The first-order valence-electron chi connectivity index (χ1n) is 7.63. The second-order valence-corrected chi connectivity index (χ2v) is 7.08. The van der Waals surface area contributed by atoms with E-state index in [1.54, 1.807) is 0 Å². The first-order chi connectivity index (χ1) is 10.2. The van der Waals surface area contributed by atoms with E-state index in [0.29, 0.717) is 12.8 Å². The number of aliphatic hydroxyl groups is 1. The van der Waals surface area contributed by atoms with Crippen molar-refractivity contribution in [1.29, 1.82) is 0 Å². The Labute approximate surface area is 129 Å². The highest BCUT2D eigenvalue weighted by Crippen LogP contribution is 2.35. The Bertz CT molecular complexity index is 554. The zero-order chi connectivity index (χ0) is 16.5. The van der Waals surface area contributed by atoms with Gasteiger partial charge in [-0.05, 0) is 30.7 Å². The van der Waals surface area contributed by atoms with Crippen LogP contribution in [0, 0.1) is 23.0 Å². The molecule has 0 spiro atoms. The summed E-state index contributed by atoms with van der Waals surface area (Å²) in [6.45, 7) is 5.64. The third kappa shape index (κ3) is 3.64. The molecule has 1 aliphatic rings. The molecule has 1 aromatic carbocycles. The summed E-state index contributed by atoms with van der Waals surface area (Å²) in [7, 11) is 0. The zero-order valence-electron chi connectivity index (χ0n) is 13.2. The van der Waals surface area contributed by atoms with E-state index in [0.717, 1.165) is 12.5 Å². The summed E-state index contributed by atoms with van der Waals surface area (Å²) in [5.74, 6) is -2.04. The first-order valence-corrected chi connectivity index (χ1v) is 7.63. The van der Waals surface area contributed by atoms with Gasteiger partial charge in [0, 0.05) is 11.6 Å². The van der Waals surface area contributed by atoms with Crippen molar-refractivity contribution in [2.24, 2.45) is 11.3 Å². The van der Waals surface area contributed by atoms with Gasteiger partial charge in [0.25, 0.3) is 0 Å². The van der Waals surface area contributed by atoms with Gasteiger partial charge in [0.15, 0.2) is 0 Å². The van der Waals surface area contributed by atoms with E-state index in [1.807, 2.05) is 20.8 Å². The smallest absolute Gasteiger partial charge is 0.226 e. The molecular weight excluding hydrogens is 288 g/mol. The minimum absolute atomic E-state index is 0.259. The summed E-state index contributed by atoms with van der Waals surface area (Å²) in [5.41, 5.74) is -0.188. The number of carbonyl (C=O) groups is 1. The third-order valence-corrected chi connectivity index (χ3v) is 4.24. The van der Waals surface area contributed by atoms with Crippen molar-refractivity contribution in [3.63, 3.8) is 0 Å². The van der Waals surface area contributed by atoms with Gasteiger partial charge >= 0.3 is 0 Å². The average Bonchev–Trinajstić information content (AvgIpc) is 2.81. The Hall–Kier alpha value is -1.49. The highest BCUT2D eigenvalue weighted by atomic mass is 19.1. The fourth-order valence-electron chi connectivity index (χ4n) is 2.99. The SMILES string of the molecule is CC(C)(C)C(NC(=O)C1CCCC1O)c1ccc(F)cc1F. The highest BCUT2D eigenvalue weighted by molar-refractivity contribution is 5.80. The van der Waals surface area contributed by atoms with Gasteiger partial charge in [-0.15, -0.1) is 0 Å². The van der Waals surface area contributed by atoms with Gasteiger partial charge < -0.3 is 10.4 Å². The largest absolute Gasteiger partial charge is 0.392 e. The van der Waals surface area contributed by atoms with Crippen molar-refractivity contribution >= 4 is 5.91 Å². The number of hydrogen-bond acceptors (Lipinski definition) is 2. The molecule has 2 rings (SSSR count). The van der Waals surface area contributed by atoms with Crippen LogP contribution in [0.5, 0.6) is 0 Å². The molecule has 1 aliphatic carbocycles. The fourth-order valence-corrected chi connectivity index (χ4v) is 2.99. The normalized spacial score (nSPS) is 23.4. The van der Waals surface area contributed by atoms with Crippen molar-refractivity contribution in [2.45, 2.75) is 52.2 Å². The van der Waals surface area contributed by atoms with Gasteiger partial charge in [0.1, 0.15) is 11.6 Å². The molecular formula is C17H23F2NO2. The van der Waals surface area contributed by atoms with Crippen LogP contribution in [0.2, 0.25) is 0 Å². The van der Waals surface area contributed by atoms with Crippen molar-refractivity contribution in [3.05, 3.63) is 35.4 Å². The van der Waals surface area contributed by atoms with Crippen LogP contribution in [-0.4, -0.2) is 17.1 Å². The fraction of sp³-hybridized carbons (Fsp3) is 0.588. The molecule has 1 fully saturated rings. The molecule has 0 radical (unpaired) electrons. The third-order valence-electron chi connectivity index (χ3n) is 4.24. The lowest BCUT2D eigenvalue weighted by Gasteiger charge is -2.33. The van der Waals surface area contributed by atoms with Crippen LogP contribution in [-0.2, 0) is 4.79 Å². The molecule has 122 valence electrons. The molecule has 0 bridgehead atoms. The molecule has 3 atom stereocenters. The van der Waals surface area contributed by atoms with E-state index in [4.69, 9.17) is 0 Å².